The number of halogens is 3. The van der Waals surface area contributed by atoms with Crippen molar-refractivity contribution in [2.45, 2.75) is 87.4 Å². The van der Waals surface area contributed by atoms with Crippen LogP contribution in [0.15, 0.2) is 12.2 Å². The summed E-state index contributed by atoms with van der Waals surface area (Å²) >= 11 is 16.8. The van der Waals surface area contributed by atoms with Gasteiger partial charge >= 0.3 is 0 Å². The van der Waals surface area contributed by atoms with Gasteiger partial charge in [0.2, 0.25) is 0 Å². The van der Waals surface area contributed by atoms with Crippen LogP contribution in [0.4, 0.5) is 0 Å². The lowest BCUT2D eigenvalue weighted by Gasteiger charge is -2.42. The van der Waals surface area contributed by atoms with E-state index in [4.69, 9.17) is 39.2 Å². The fourth-order valence-corrected chi connectivity index (χ4v) is 4.26. The molecular formula is C18H32Cl3NO2Si. The van der Waals surface area contributed by atoms with Crippen LogP contribution in [0.2, 0.25) is 18.1 Å². The van der Waals surface area contributed by atoms with Crippen LogP contribution in [0.3, 0.4) is 0 Å². The maximum Gasteiger partial charge on any atom is 0.272 e. The molecule has 0 spiro atoms. The summed E-state index contributed by atoms with van der Waals surface area (Å²) in [6.07, 6.45) is 9.02. The van der Waals surface area contributed by atoms with Crippen molar-refractivity contribution in [3.05, 3.63) is 12.2 Å². The third-order valence-electron chi connectivity index (χ3n) is 5.27. The van der Waals surface area contributed by atoms with Gasteiger partial charge in [0.15, 0.2) is 8.32 Å². The smallest absolute Gasteiger partial charge is 0.272 e. The van der Waals surface area contributed by atoms with Gasteiger partial charge in [0, 0.05) is 12.0 Å². The molecule has 3 atom stereocenters. The summed E-state index contributed by atoms with van der Waals surface area (Å²) in [7, 11) is -1.80. The van der Waals surface area contributed by atoms with Gasteiger partial charge in [0.05, 0.1) is 6.10 Å². The first-order valence-corrected chi connectivity index (χ1v) is 13.0. The maximum atomic E-state index is 11.7. The molecule has 1 rings (SSSR count). The molecule has 7 heteroatoms. The molecular weight excluding hydrogens is 397 g/mol. The predicted octanol–water partition coefficient (Wildman–Crippen LogP) is 6.00. The van der Waals surface area contributed by atoms with Gasteiger partial charge in [-0.2, -0.15) is 0 Å². The van der Waals surface area contributed by atoms with Gasteiger partial charge in [0.25, 0.3) is 9.70 Å². The van der Waals surface area contributed by atoms with E-state index in [2.05, 4.69) is 45.3 Å². The van der Waals surface area contributed by atoms with Gasteiger partial charge in [-0.3, -0.25) is 4.79 Å². The van der Waals surface area contributed by atoms with E-state index in [-0.39, 0.29) is 17.2 Å². The molecule has 1 aliphatic carbocycles. The van der Waals surface area contributed by atoms with Crippen LogP contribution < -0.4 is 5.32 Å². The quantitative estimate of drug-likeness (QED) is 0.331. The van der Waals surface area contributed by atoms with Crippen LogP contribution in [0, 0.1) is 5.92 Å². The highest BCUT2D eigenvalue weighted by molar-refractivity contribution is 6.76. The first kappa shape index (κ1) is 23.3. The minimum Gasteiger partial charge on any atom is -0.413 e. The molecule has 0 unspecified atom stereocenters. The van der Waals surface area contributed by atoms with Crippen molar-refractivity contribution < 1.29 is 9.22 Å². The fraction of sp³-hybridized carbons (Fsp3) is 0.833. The molecule has 1 amide bonds. The SMILES string of the molecule is C[C@H](/C=C/[C@@H]1CCCC[C@@H]1O[Si](C)(C)C(C)(C)C)NC(=O)C(Cl)(Cl)Cl. The second kappa shape index (κ2) is 8.96. The van der Waals surface area contributed by atoms with Gasteiger partial charge in [0.1, 0.15) is 0 Å². The van der Waals surface area contributed by atoms with E-state index in [1.165, 1.54) is 12.8 Å². The molecule has 1 aliphatic rings. The molecule has 3 nitrogen and oxygen atoms in total. The average Bonchev–Trinajstić information content (AvgIpc) is 2.43. The van der Waals surface area contributed by atoms with Crippen molar-refractivity contribution in [2.24, 2.45) is 5.92 Å². The largest absolute Gasteiger partial charge is 0.413 e. The van der Waals surface area contributed by atoms with E-state index >= 15 is 0 Å². The Hall–Kier alpha value is 0.257. The summed E-state index contributed by atoms with van der Waals surface area (Å²) in [5.41, 5.74) is 0. The highest BCUT2D eigenvalue weighted by Gasteiger charge is 2.40. The summed E-state index contributed by atoms with van der Waals surface area (Å²) in [6.45, 7) is 13.3. The minimum absolute atomic E-state index is 0.196. The van der Waals surface area contributed by atoms with E-state index in [1.807, 2.05) is 13.0 Å². The van der Waals surface area contributed by atoms with E-state index in [0.29, 0.717) is 5.92 Å². The standard InChI is InChI=1S/C18H32Cl3NO2Si/c1-13(22-16(23)18(19,20)21)11-12-14-9-7-8-10-15(14)24-25(5,6)17(2,3)4/h11-15H,7-10H2,1-6H3,(H,22,23)/b12-11+/t13-,14+,15+/m1/s1. The number of rotatable bonds is 5. The molecule has 0 aromatic rings. The van der Waals surface area contributed by atoms with Gasteiger partial charge in [-0.25, -0.2) is 0 Å². The van der Waals surface area contributed by atoms with Crippen LogP contribution in [0.1, 0.15) is 53.4 Å². The van der Waals surface area contributed by atoms with Crippen molar-refractivity contribution in [2.75, 3.05) is 0 Å². The van der Waals surface area contributed by atoms with E-state index in [0.717, 1.165) is 12.8 Å². The molecule has 1 fully saturated rings. The number of amides is 1. The molecule has 0 bridgehead atoms. The van der Waals surface area contributed by atoms with Crippen LogP contribution in [0.25, 0.3) is 0 Å². The number of hydrogen-bond donors (Lipinski definition) is 1. The van der Waals surface area contributed by atoms with E-state index in [9.17, 15) is 4.79 Å². The molecule has 0 aromatic heterocycles. The lowest BCUT2D eigenvalue weighted by atomic mass is 9.86. The minimum atomic E-state index is -1.93. The number of carbonyl (C=O) groups excluding carboxylic acids is 1. The highest BCUT2D eigenvalue weighted by atomic mass is 35.6. The fourth-order valence-electron chi connectivity index (χ4n) is 2.69. The maximum absolute atomic E-state index is 11.7. The summed E-state index contributed by atoms with van der Waals surface area (Å²) < 4.78 is 4.73. The van der Waals surface area contributed by atoms with Gasteiger partial charge < -0.3 is 9.74 Å². The Kier molecular flexibility index (Phi) is 8.35. The molecule has 146 valence electrons. The Morgan fingerprint density at radius 1 is 1.20 bits per heavy atom. The topological polar surface area (TPSA) is 38.3 Å². The van der Waals surface area contributed by atoms with Crippen LogP contribution in [-0.2, 0) is 9.22 Å². The van der Waals surface area contributed by atoms with Crippen LogP contribution >= 0.6 is 34.8 Å². The Balaban J connectivity index is 2.72. The lowest BCUT2D eigenvalue weighted by Crippen LogP contribution is -2.46. The van der Waals surface area contributed by atoms with E-state index in [1.54, 1.807) is 0 Å². The second-order valence-corrected chi connectivity index (χ2v) is 15.5. The number of carbonyl (C=O) groups is 1. The molecule has 25 heavy (non-hydrogen) atoms. The van der Waals surface area contributed by atoms with Crippen molar-refractivity contribution >= 4 is 49.0 Å². The van der Waals surface area contributed by atoms with Gasteiger partial charge in [-0.05, 0) is 37.9 Å². The lowest BCUT2D eigenvalue weighted by molar-refractivity contribution is -0.120. The number of alkyl halides is 3. The molecule has 0 aliphatic heterocycles. The molecule has 0 heterocycles. The van der Waals surface area contributed by atoms with Crippen molar-refractivity contribution in [1.82, 2.24) is 5.32 Å². The highest BCUT2D eigenvalue weighted by Crippen LogP contribution is 2.40. The molecule has 0 saturated heterocycles. The van der Waals surface area contributed by atoms with Crippen molar-refractivity contribution in [3.8, 4) is 0 Å². The normalized spacial score (nSPS) is 24.4. The first-order valence-electron chi connectivity index (χ1n) is 8.98. The monoisotopic (exact) mass is 427 g/mol. The Bertz CT molecular complexity index is 484. The zero-order chi connectivity index (χ0) is 19.5. The first-order chi connectivity index (χ1) is 11.2. The summed E-state index contributed by atoms with van der Waals surface area (Å²) in [6, 6.07) is -0.196. The average molecular weight is 429 g/mol. The van der Waals surface area contributed by atoms with Crippen LogP contribution in [-0.4, -0.2) is 30.2 Å². The molecule has 1 saturated carbocycles. The summed E-state index contributed by atoms with van der Waals surface area (Å²) in [4.78, 5) is 11.7. The van der Waals surface area contributed by atoms with Crippen molar-refractivity contribution in [3.63, 3.8) is 0 Å². The Morgan fingerprint density at radius 3 is 2.28 bits per heavy atom. The molecule has 1 N–H and O–H groups in total. The second-order valence-electron chi connectivity index (χ2n) is 8.51. The number of nitrogens with one attached hydrogen (secondary N) is 1. The van der Waals surface area contributed by atoms with Gasteiger partial charge in [-0.1, -0.05) is 80.6 Å². The number of hydrogen-bond acceptors (Lipinski definition) is 2. The Morgan fingerprint density at radius 2 is 1.76 bits per heavy atom. The van der Waals surface area contributed by atoms with Gasteiger partial charge in [-0.15, -0.1) is 0 Å². The summed E-state index contributed by atoms with van der Waals surface area (Å²) in [5.74, 6) is -0.234. The van der Waals surface area contributed by atoms with Crippen LogP contribution in [0.5, 0.6) is 0 Å². The predicted molar refractivity (Wildman–Crippen MR) is 111 cm³/mol. The molecule has 0 aromatic carbocycles. The summed E-state index contributed by atoms with van der Waals surface area (Å²) in [5, 5.41) is 2.89. The zero-order valence-electron chi connectivity index (χ0n) is 16.2. The third-order valence-corrected chi connectivity index (χ3v) is 10.3. The molecule has 0 radical (unpaired) electrons. The van der Waals surface area contributed by atoms with Crippen molar-refractivity contribution in [1.29, 1.82) is 0 Å². The van der Waals surface area contributed by atoms with E-state index < -0.39 is 18.0 Å². The zero-order valence-corrected chi connectivity index (χ0v) is 19.4. The Labute approximate surface area is 168 Å². The third kappa shape index (κ3) is 7.41.